The highest BCUT2D eigenvalue weighted by molar-refractivity contribution is 5.94. The number of rotatable bonds is 3. The van der Waals surface area contributed by atoms with Crippen LogP contribution in [0.3, 0.4) is 0 Å². The molecule has 1 aliphatic rings. The molecule has 3 aromatic rings. The first-order chi connectivity index (χ1) is 12.1. The Morgan fingerprint density at radius 1 is 1.16 bits per heavy atom. The van der Waals surface area contributed by atoms with Gasteiger partial charge < -0.3 is 10.3 Å². The normalized spacial score (nSPS) is 23.9. The van der Waals surface area contributed by atoms with Gasteiger partial charge in [0.1, 0.15) is 11.6 Å². The molecule has 0 unspecified atom stereocenters. The minimum Gasteiger partial charge on any atom is -0.358 e. The quantitative estimate of drug-likeness (QED) is 0.756. The molecule has 1 fully saturated rings. The third-order valence-electron chi connectivity index (χ3n) is 5.06. The number of hydrogen-bond acceptors (Lipinski definition) is 3. The molecule has 25 heavy (non-hydrogen) atoms. The first-order valence-corrected chi connectivity index (χ1v) is 8.94. The number of para-hydroxylation sites is 1. The third-order valence-corrected chi connectivity index (χ3v) is 5.06. The first kappa shape index (κ1) is 16.2. The SMILES string of the molecule is C[C@@H]1CC(Cc2nccc(-c3c[nH]c4c(F)cccc34)n2)C[C@@H](C)N1. The van der Waals surface area contributed by atoms with E-state index in [0.29, 0.717) is 23.5 Å². The first-order valence-electron chi connectivity index (χ1n) is 8.94. The average molecular weight is 338 g/mol. The van der Waals surface area contributed by atoms with Crippen LogP contribution in [0.1, 0.15) is 32.5 Å². The maximum atomic E-state index is 13.9. The van der Waals surface area contributed by atoms with E-state index in [1.165, 1.54) is 6.07 Å². The Labute approximate surface area is 146 Å². The largest absolute Gasteiger partial charge is 0.358 e. The number of hydrogen-bond donors (Lipinski definition) is 2. The number of nitrogens with zero attached hydrogens (tertiary/aromatic N) is 2. The fourth-order valence-electron chi connectivity index (χ4n) is 4.12. The number of fused-ring (bicyclic) bond motifs is 1. The number of benzene rings is 1. The van der Waals surface area contributed by atoms with E-state index in [1.807, 2.05) is 24.5 Å². The second-order valence-corrected chi connectivity index (χ2v) is 7.23. The van der Waals surface area contributed by atoms with Crippen LogP contribution in [0, 0.1) is 11.7 Å². The van der Waals surface area contributed by atoms with Crippen molar-refractivity contribution in [2.24, 2.45) is 5.92 Å². The molecule has 0 saturated carbocycles. The number of piperidine rings is 1. The predicted octanol–water partition coefficient (Wildman–Crippen LogP) is 4.08. The Morgan fingerprint density at radius 3 is 2.76 bits per heavy atom. The second-order valence-electron chi connectivity index (χ2n) is 7.23. The molecule has 1 aromatic carbocycles. The third kappa shape index (κ3) is 3.29. The summed E-state index contributed by atoms with van der Waals surface area (Å²) in [4.78, 5) is 12.3. The molecule has 1 aliphatic heterocycles. The number of H-pyrrole nitrogens is 1. The van der Waals surface area contributed by atoms with Crippen LogP contribution in [0.4, 0.5) is 4.39 Å². The lowest BCUT2D eigenvalue weighted by molar-refractivity contribution is 0.259. The van der Waals surface area contributed by atoms with Crippen molar-refractivity contribution in [2.75, 3.05) is 0 Å². The minimum atomic E-state index is -0.240. The molecule has 2 aromatic heterocycles. The smallest absolute Gasteiger partial charge is 0.147 e. The van der Waals surface area contributed by atoms with Crippen LogP contribution < -0.4 is 5.32 Å². The molecule has 5 heteroatoms. The van der Waals surface area contributed by atoms with Crippen molar-refractivity contribution in [2.45, 2.75) is 45.2 Å². The zero-order chi connectivity index (χ0) is 17.4. The fraction of sp³-hybridized carbons (Fsp3) is 0.400. The zero-order valence-corrected chi connectivity index (χ0v) is 14.6. The highest BCUT2D eigenvalue weighted by Crippen LogP contribution is 2.29. The Balaban J connectivity index is 1.62. The van der Waals surface area contributed by atoms with Crippen molar-refractivity contribution in [3.8, 4) is 11.3 Å². The molecule has 2 N–H and O–H groups in total. The summed E-state index contributed by atoms with van der Waals surface area (Å²) in [7, 11) is 0. The molecule has 3 heterocycles. The van der Waals surface area contributed by atoms with Gasteiger partial charge in [0.05, 0.1) is 11.2 Å². The number of nitrogens with one attached hydrogen (secondary N) is 2. The molecule has 0 bridgehead atoms. The van der Waals surface area contributed by atoms with Gasteiger partial charge in [-0.25, -0.2) is 14.4 Å². The van der Waals surface area contributed by atoms with E-state index >= 15 is 0 Å². The molecule has 0 spiro atoms. The Bertz CT molecular complexity index is 878. The van der Waals surface area contributed by atoms with Crippen LogP contribution in [0.5, 0.6) is 0 Å². The van der Waals surface area contributed by atoms with Gasteiger partial charge in [-0.1, -0.05) is 12.1 Å². The highest BCUT2D eigenvalue weighted by atomic mass is 19.1. The molecular weight excluding hydrogens is 315 g/mol. The Hall–Kier alpha value is -2.27. The molecule has 2 atom stereocenters. The van der Waals surface area contributed by atoms with Gasteiger partial charge in [0.15, 0.2) is 0 Å². The highest BCUT2D eigenvalue weighted by Gasteiger charge is 2.24. The summed E-state index contributed by atoms with van der Waals surface area (Å²) in [5, 5.41) is 4.43. The molecule has 0 aliphatic carbocycles. The molecule has 4 rings (SSSR count). The monoisotopic (exact) mass is 338 g/mol. The van der Waals surface area contributed by atoms with Crippen LogP contribution >= 0.6 is 0 Å². The summed E-state index contributed by atoms with van der Waals surface area (Å²) in [6, 6.07) is 8.08. The van der Waals surface area contributed by atoms with Crippen molar-refractivity contribution in [1.82, 2.24) is 20.3 Å². The van der Waals surface area contributed by atoms with Crippen LogP contribution in [-0.4, -0.2) is 27.0 Å². The number of aromatic nitrogens is 3. The van der Waals surface area contributed by atoms with E-state index in [2.05, 4.69) is 29.1 Å². The van der Waals surface area contributed by atoms with Gasteiger partial charge in [-0.2, -0.15) is 0 Å². The minimum absolute atomic E-state index is 0.240. The van der Waals surface area contributed by atoms with Gasteiger partial charge in [-0.3, -0.25) is 0 Å². The Morgan fingerprint density at radius 2 is 1.96 bits per heavy atom. The van der Waals surface area contributed by atoms with E-state index in [-0.39, 0.29) is 5.82 Å². The lowest BCUT2D eigenvalue weighted by Gasteiger charge is -2.32. The molecule has 130 valence electrons. The summed E-state index contributed by atoms with van der Waals surface area (Å²) in [6.45, 7) is 4.47. The van der Waals surface area contributed by atoms with Crippen molar-refractivity contribution in [3.05, 3.63) is 48.3 Å². The fourth-order valence-corrected chi connectivity index (χ4v) is 4.12. The summed E-state index contributed by atoms with van der Waals surface area (Å²) in [5.41, 5.74) is 2.29. The topological polar surface area (TPSA) is 53.6 Å². The van der Waals surface area contributed by atoms with E-state index < -0.39 is 0 Å². The van der Waals surface area contributed by atoms with Gasteiger partial charge in [0.25, 0.3) is 0 Å². The van der Waals surface area contributed by atoms with E-state index in [1.54, 1.807) is 6.07 Å². The van der Waals surface area contributed by atoms with Crippen molar-refractivity contribution in [3.63, 3.8) is 0 Å². The maximum absolute atomic E-state index is 13.9. The molecule has 4 nitrogen and oxygen atoms in total. The van der Waals surface area contributed by atoms with E-state index in [9.17, 15) is 4.39 Å². The molecule has 0 amide bonds. The second kappa shape index (κ2) is 6.56. The van der Waals surface area contributed by atoms with Crippen LogP contribution in [0.15, 0.2) is 36.7 Å². The average Bonchev–Trinajstić information content (AvgIpc) is 2.99. The van der Waals surface area contributed by atoms with Crippen LogP contribution in [0.25, 0.3) is 22.2 Å². The Kier molecular flexibility index (Phi) is 4.25. The van der Waals surface area contributed by atoms with Crippen molar-refractivity contribution >= 4 is 10.9 Å². The molecule has 0 radical (unpaired) electrons. The van der Waals surface area contributed by atoms with Gasteiger partial charge in [0, 0.05) is 41.8 Å². The van der Waals surface area contributed by atoms with E-state index in [4.69, 9.17) is 4.98 Å². The van der Waals surface area contributed by atoms with Crippen molar-refractivity contribution < 1.29 is 4.39 Å². The van der Waals surface area contributed by atoms with Gasteiger partial charge >= 0.3 is 0 Å². The lowest BCUT2D eigenvalue weighted by Crippen LogP contribution is -2.42. The van der Waals surface area contributed by atoms with Crippen molar-refractivity contribution in [1.29, 1.82) is 0 Å². The predicted molar refractivity (Wildman–Crippen MR) is 97.8 cm³/mol. The molecular formula is C20H23FN4. The maximum Gasteiger partial charge on any atom is 0.147 e. The summed E-state index contributed by atoms with van der Waals surface area (Å²) in [5.74, 6) is 1.23. The summed E-state index contributed by atoms with van der Waals surface area (Å²) >= 11 is 0. The summed E-state index contributed by atoms with van der Waals surface area (Å²) in [6.07, 6.45) is 6.83. The van der Waals surface area contributed by atoms with Crippen LogP contribution in [-0.2, 0) is 6.42 Å². The van der Waals surface area contributed by atoms with Crippen LogP contribution in [0.2, 0.25) is 0 Å². The number of aromatic amines is 1. The number of halogens is 1. The standard InChI is InChI=1S/C20H23FN4/c1-12-8-14(9-13(2)24-12)10-19-22-7-6-18(25-19)16-11-23-20-15(16)4-3-5-17(20)21/h3-7,11-14,23-24H,8-10H2,1-2H3/t12-,13-/m1/s1. The zero-order valence-electron chi connectivity index (χ0n) is 14.6. The summed E-state index contributed by atoms with van der Waals surface area (Å²) < 4.78 is 13.9. The lowest BCUT2D eigenvalue weighted by atomic mass is 9.86. The molecule has 1 saturated heterocycles. The van der Waals surface area contributed by atoms with Gasteiger partial charge in [0.2, 0.25) is 0 Å². The van der Waals surface area contributed by atoms with Gasteiger partial charge in [-0.05, 0) is 44.7 Å². The van der Waals surface area contributed by atoms with E-state index in [0.717, 1.165) is 41.7 Å². The van der Waals surface area contributed by atoms with Gasteiger partial charge in [-0.15, -0.1) is 0 Å².